The number of hydrogen-bond donors (Lipinski definition) is 1. The van der Waals surface area contributed by atoms with E-state index in [-0.39, 0.29) is 12.5 Å². The predicted molar refractivity (Wildman–Crippen MR) is 72.6 cm³/mol. The zero-order valence-corrected chi connectivity index (χ0v) is 11.5. The van der Waals surface area contributed by atoms with Gasteiger partial charge in [-0.3, -0.25) is 14.5 Å². The summed E-state index contributed by atoms with van der Waals surface area (Å²) in [4.78, 5) is 25.9. The number of rotatable bonds is 6. The second-order valence-corrected chi connectivity index (χ2v) is 4.66. The first-order chi connectivity index (χ1) is 8.91. The lowest BCUT2D eigenvalue weighted by molar-refractivity contribution is -0.143. The minimum absolute atomic E-state index is 0.0940. The molecule has 0 aliphatic carbocycles. The minimum Gasteiger partial charge on any atom is -0.480 e. The molecule has 1 amide bonds. The van der Waals surface area contributed by atoms with Gasteiger partial charge in [-0.25, -0.2) is 0 Å². The third-order valence-electron chi connectivity index (χ3n) is 3.09. The van der Waals surface area contributed by atoms with Gasteiger partial charge in [-0.15, -0.1) is 0 Å². The molecular weight excluding hydrogens is 244 g/mol. The van der Waals surface area contributed by atoms with Gasteiger partial charge in [-0.05, 0) is 19.5 Å². The second-order valence-electron chi connectivity index (χ2n) is 4.66. The highest BCUT2D eigenvalue weighted by Gasteiger charge is 2.20. The summed E-state index contributed by atoms with van der Waals surface area (Å²) in [5, 5.41) is 8.87. The van der Waals surface area contributed by atoms with E-state index in [0.717, 1.165) is 5.56 Å². The molecule has 1 aromatic rings. The Kier molecular flexibility index (Phi) is 5.51. The second kappa shape index (κ2) is 6.89. The molecule has 0 aliphatic heterocycles. The molecule has 0 fully saturated rings. The van der Waals surface area contributed by atoms with Gasteiger partial charge in [0.15, 0.2) is 0 Å². The zero-order valence-electron chi connectivity index (χ0n) is 11.5. The Balaban J connectivity index is 2.51. The molecule has 1 atom stereocenters. The first-order valence-corrected chi connectivity index (χ1v) is 6.12. The molecule has 5 nitrogen and oxygen atoms in total. The Morgan fingerprint density at radius 2 is 1.79 bits per heavy atom. The van der Waals surface area contributed by atoms with Crippen molar-refractivity contribution in [3.8, 4) is 0 Å². The van der Waals surface area contributed by atoms with Gasteiger partial charge in [0.2, 0.25) is 5.91 Å². The highest BCUT2D eigenvalue weighted by Crippen LogP contribution is 2.04. The molecule has 0 aliphatic rings. The lowest BCUT2D eigenvalue weighted by Gasteiger charge is -2.24. The van der Waals surface area contributed by atoms with Crippen LogP contribution in [0.25, 0.3) is 0 Å². The number of carboxylic acids is 1. The average molecular weight is 264 g/mol. The third kappa shape index (κ3) is 4.71. The molecule has 19 heavy (non-hydrogen) atoms. The van der Waals surface area contributed by atoms with Crippen molar-refractivity contribution in [1.29, 1.82) is 0 Å². The van der Waals surface area contributed by atoms with Crippen molar-refractivity contribution in [2.24, 2.45) is 0 Å². The summed E-state index contributed by atoms with van der Waals surface area (Å²) >= 11 is 0. The molecule has 0 saturated heterocycles. The highest BCUT2D eigenvalue weighted by molar-refractivity contribution is 5.79. The number of benzene rings is 1. The van der Waals surface area contributed by atoms with Crippen LogP contribution in [0.2, 0.25) is 0 Å². The fourth-order valence-electron chi connectivity index (χ4n) is 1.60. The zero-order chi connectivity index (χ0) is 14.4. The number of hydrogen-bond acceptors (Lipinski definition) is 3. The summed E-state index contributed by atoms with van der Waals surface area (Å²) in [6.07, 6.45) is 0. The molecule has 5 heteroatoms. The van der Waals surface area contributed by atoms with Gasteiger partial charge >= 0.3 is 5.97 Å². The van der Waals surface area contributed by atoms with E-state index in [2.05, 4.69) is 0 Å². The van der Waals surface area contributed by atoms with Crippen molar-refractivity contribution in [2.45, 2.75) is 19.5 Å². The van der Waals surface area contributed by atoms with Crippen LogP contribution >= 0.6 is 0 Å². The smallest absolute Gasteiger partial charge is 0.320 e. The standard InChI is InChI=1S/C14H20N2O3/c1-11(14(18)19)15(2)10-13(17)16(3)9-12-7-5-4-6-8-12/h4-8,11H,9-10H2,1-3H3,(H,18,19). The summed E-state index contributed by atoms with van der Waals surface area (Å²) in [6.45, 7) is 2.18. The van der Waals surface area contributed by atoms with Gasteiger partial charge in [0.05, 0.1) is 6.54 Å². The fourth-order valence-corrected chi connectivity index (χ4v) is 1.60. The van der Waals surface area contributed by atoms with Crippen LogP contribution in [0.3, 0.4) is 0 Å². The Morgan fingerprint density at radius 3 is 2.32 bits per heavy atom. The molecule has 1 rings (SSSR count). The normalized spacial score (nSPS) is 12.2. The van der Waals surface area contributed by atoms with Crippen molar-refractivity contribution < 1.29 is 14.7 Å². The molecule has 0 bridgehead atoms. The molecule has 0 heterocycles. The summed E-state index contributed by atoms with van der Waals surface area (Å²) < 4.78 is 0. The largest absolute Gasteiger partial charge is 0.480 e. The molecule has 0 saturated carbocycles. The van der Waals surface area contributed by atoms with Crippen LogP contribution in [0.1, 0.15) is 12.5 Å². The van der Waals surface area contributed by atoms with E-state index in [1.165, 1.54) is 4.90 Å². The summed E-state index contributed by atoms with van der Waals surface area (Å²) in [5.41, 5.74) is 1.05. The Hall–Kier alpha value is -1.88. The molecule has 104 valence electrons. The monoisotopic (exact) mass is 264 g/mol. The number of carbonyl (C=O) groups is 2. The van der Waals surface area contributed by atoms with Crippen molar-refractivity contribution in [3.63, 3.8) is 0 Å². The van der Waals surface area contributed by atoms with Crippen LogP contribution in [0, 0.1) is 0 Å². The fraction of sp³-hybridized carbons (Fsp3) is 0.429. The SMILES string of the molecule is CC(C(=O)O)N(C)CC(=O)N(C)Cc1ccccc1. The summed E-state index contributed by atoms with van der Waals surface area (Å²) in [6, 6.07) is 9.00. The van der Waals surface area contributed by atoms with E-state index in [0.29, 0.717) is 6.54 Å². The van der Waals surface area contributed by atoms with Crippen LogP contribution in [-0.2, 0) is 16.1 Å². The Morgan fingerprint density at radius 1 is 1.21 bits per heavy atom. The van der Waals surface area contributed by atoms with E-state index in [9.17, 15) is 9.59 Å². The van der Waals surface area contributed by atoms with Gasteiger partial charge in [-0.1, -0.05) is 30.3 Å². The van der Waals surface area contributed by atoms with E-state index < -0.39 is 12.0 Å². The van der Waals surface area contributed by atoms with Gasteiger partial charge in [0.25, 0.3) is 0 Å². The molecular formula is C14H20N2O3. The predicted octanol–water partition coefficient (Wildman–Crippen LogP) is 1.05. The summed E-state index contributed by atoms with van der Waals surface area (Å²) in [5.74, 6) is -1.03. The number of likely N-dealkylation sites (N-methyl/N-ethyl adjacent to an activating group) is 2. The first kappa shape index (κ1) is 15.2. The Labute approximate surface area is 113 Å². The number of nitrogens with zero attached hydrogens (tertiary/aromatic N) is 2. The van der Waals surface area contributed by atoms with Crippen LogP contribution in [0.4, 0.5) is 0 Å². The van der Waals surface area contributed by atoms with Crippen molar-refractivity contribution in [3.05, 3.63) is 35.9 Å². The third-order valence-corrected chi connectivity index (χ3v) is 3.09. The van der Waals surface area contributed by atoms with Gasteiger partial charge in [-0.2, -0.15) is 0 Å². The van der Waals surface area contributed by atoms with Gasteiger partial charge in [0, 0.05) is 13.6 Å². The van der Waals surface area contributed by atoms with Crippen molar-refractivity contribution >= 4 is 11.9 Å². The molecule has 0 aromatic heterocycles. The van der Waals surface area contributed by atoms with E-state index in [1.807, 2.05) is 30.3 Å². The van der Waals surface area contributed by atoms with Crippen LogP contribution in [0.5, 0.6) is 0 Å². The van der Waals surface area contributed by atoms with Crippen LogP contribution < -0.4 is 0 Å². The number of carboxylic acid groups (broad SMARTS) is 1. The van der Waals surface area contributed by atoms with Crippen molar-refractivity contribution in [2.75, 3.05) is 20.6 Å². The molecule has 1 N–H and O–H groups in total. The number of carbonyl (C=O) groups excluding carboxylic acids is 1. The number of amides is 1. The van der Waals surface area contributed by atoms with Gasteiger partial charge < -0.3 is 10.0 Å². The molecule has 0 spiro atoms. The molecule has 1 aromatic carbocycles. The minimum atomic E-state index is -0.930. The maximum atomic E-state index is 12.0. The Bertz CT molecular complexity index is 434. The average Bonchev–Trinajstić information content (AvgIpc) is 2.38. The van der Waals surface area contributed by atoms with Gasteiger partial charge in [0.1, 0.15) is 6.04 Å². The van der Waals surface area contributed by atoms with Crippen molar-refractivity contribution in [1.82, 2.24) is 9.80 Å². The summed E-state index contributed by atoms with van der Waals surface area (Å²) in [7, 11) is 3.35. The topological polar surface area (TPSA) is 60.9 Å². The molecule has 1 unspecified atom stereocenters. The van der Waals surface area contributed by atoms with E-state index in [1.54, 1.807) is 25.9 Å². The maximum absolute atomic E-state index is 12.0. The van der Waals surface area contributed by atoms with E-state index in [4.69, 9.17) is 5.11 Å². The van der Waals surface area contributed by atoms with Crippen LogP contribution in [-0.4, -0.2) is 53.5 Å². The number of aliphatic carboxylic acids is 1. The lowest BCUT2D eigenvalue weighted by atomic mass is 10.2. The first-order valence-electron chi connectivity index (χ1n) is 6.12. The van der Waals surface area contributed by atoms with E-state index >= 15 is 0 Å². The molecule has 0 radical (unpaired) electrons. The highest BCUT2D eigenvalue weighted by atomic mass is 16.4. The maximum Gasteiger partial charge on any atom is 0.320 e. The van der Waals surface area contributed by atoms with Crippen LogP contribution in [0.15, 0.2) is 30.3 Å². The lowest BCUT2D eigenvalue weighted by Crippen LogP contribution is -2.43. The quantitative estimate of drug-likeness (QED) is 0.834.